The molecule has 3 nitrogen and oxygen atoms in total. The molecule has 0 spiro atoms. The first-order valence-electron chi connectivity index (χ1n) is 25.4. The molecule has 0 unspecified atom stereocenters. The maximum atomic E-state index is 3.58. The molecule has 0 fully saturated rings. The molecule has 13 rings (SSSR count). The SMILES string of the molecule is CC(C)(C)c1ccccc1N(c1cc2c3c(c1)N(c1cccc4ccccc14)c1c(ccc4ccccc14)B3c1ccc3c(c1N2c1cccc2c1CCC=C2)CC#CC=C3)c1ccccc1C(C)(C)C. The molecule has 2 aliphatic carbocycles. The summed E-state index contributed by atoms with van der Waals surface area (Å²) in [4.78, 5) is 7.93. The van der Waals surface area contributed by atoms with Gasteiger partial charge in [-0.15, -0.1) is 0 Å². The molecule has 71 heavy (non-hydrogen) atoms. The van der Waals surface area contributed by atoms with Crippen LogP contribution >= 0.6 is 0 Å². The standard InChI is InChI=1S/C67H56BN3/c1-66(2,3)53-32-16-18-34-59(53)69(60-35-19-17-33-54(60)67(4,5)6)48-42-61-63-62(43-48)71(58-37-21-27-45-24-11-14-29-50(45)58)65-52-31-15-12-25-47(52)39-41-56(65)68(63)55-40-38-46-22-8-7-9-30-51(46)64(55)70(61)57-36-20-26-44-23-10-13-28-49(44)57/h8,10-12,14-27,29,31-43H,13,28,30H2,1-6H3. The second kappa shape index (κ2) is 16.3. The summed E-state index contributed by atoms with van der Waals surface area (Å²) in [6.45, 7) is 14.0. The molecule has 4 heteroatoms. The lowest BCUT2D eigenvalue weighted by Gasteiger charge is -2.47. The lowest BCUT2D eigenvalue weighted by atomic mass is 9.33. The van der Waals surface area contributed by atoms with Crippen molar-refractivity contribution in [2.75, 3.05) is 14.7 Å². The predicted octanol–water partition coefficient (Wildman–Crippen LogP) is 15.7. The van der Waals surface area contributed by atoms with E-state index in [0.717, 1.165) is 24.2 Å². The molecule has 342 valence electrons. The first kappa shape index (κ1) is 43.1. The number of allylic oxidation sites excluding steroid dienone is 2. The highest BCUT2D eigenvalue weighted by molar-refractivity contribution is 7.00. The van der Waals surface area contributed by atoms with Crippen LogP contribution in [0.5, 0.6) is 0 Å². The van der Waals surface area contributed by atoms with Crippen molar-refractivity contribution >= 4 is 108 Å². The van der Waals surface area contributed by atoms with Crippen LogP contribution in [0.1, 0.15) is 81.3 Å². The summed E-state index contributed by atoms with van der Waals surface area (Å²) in [5.74, 6) is 6.95. The van der Waals surface area contributed by atoms with Crippen molar-refractivity contribution < 1.29 is 0 Å². The summed E-state index contributed by atoms with van der Waals surface area (Å²) in [6.07, 6.45) is 11.6. The second-order valence-electron chi connectivity index (χ2n) is 21.8. The average molecular weight is 914 g/mol. The Kier molecular flexibility index (Phi) is 9.88. The molecule has 0 amide bonds. The fourth-order valence-electron chi connectivity index (χ4n) is 12.3. The maximum Gasteiger partial charge on any atom is 0.252 e. The van der Waals surface area contributed by atoms with Gasteiger partial charge in [-0.3, -0.25) is 0 Å². The molecule has 0 atom stereocenters. The number of hydrogen-bond acceptors (Lipinski definition) is 3. The van der Waals surface area contributed by atoms with E-state index in [1.165, 1.54) is 111 Å². The zero-order chi connectivity index (χ0) is 48.2. The number of fused-ring (bicyclic) bond motifs is 10. The second-order valence-corrected chi connectivity index (χ2v) is 21.8. The minimum Gasteiger partial charge on any atom is -0.311 e. The molecule has 0 bridgehead atoms. The maximum absolute atomic E-state index is 3.58. The van der Waals surface area contributed by atoms with E-state index in [4.69, 9.17) is 0 Å². The molecule has 0 saturated heterocycles. The van der Waals surface area contributed by atoms with E-state index >= 15 is 0 Å². The number of rotatable bonds is 5. The number of benzene rings is 9. The third-order valence-electron chi connectivity index (χ3n) is 15.4. The third-order valence-corrected chi connectivity index (χ3v) is 15.4. The molecular formula is C67H56BN3. The Labute approximate surface area is 419 Å². The Bertz CT molecular complexity index is 3750. The summed E-state index contributed by atoms with van der Waals surface area (Å²) in [6, 6.07) is 64.6. The zero-order valence-corrected chi connectivity index (χ0v) is 41.5. The zero-order valence-electron chi connectivity index (χ0n) is 41.5. The Hall–Kier alpha value is -8.00. The summed E-state index contributed by atoms with van der Waals surface area (Å²) in [5.41, 5.74) is 22.1. The van der Waals surface area contributed by atoms with Gasteiger partial charge in [0.1, 0.15) is 0 Å². The van der Waals surface area contributed by atoms with Gasteiger partial charge < -0.3 is 14.7 Å². The molecule has 0 saturated carbocycles. The van der Waals surface area contributed by atoms with Crippen LogP contribution in [0.25, 0.3) is 33.7 Å². The molecule has 2 heterocycles. The van der Waals surface area contributed by atoms with Gasteiger partial charge in [-0.1, -0.05) is 199 Å². The molecular weight excluding hydrogens is 858 g/mol. The van der Waals surface area contributed by atoms with Gasteiger partial charge in [0.15, 0.2) is 0 Å². The summed E-state index contributed by atoms with van der Waals surface area (Å²) < 4.78 is 0. The fourth-order valence-corrected chi connectivity index (χ4v) is 12.3. The average Bonchev–Trinajstić information content (AvgIpc) is 3.64. The molecule has 0 radical (unpaired) electrons. The van der Waals surface area contributed by atoms with E-state index < -0.39 is 0 Å². The van der Waals surface area contributed by atoms with Crippen molar-refractivity contribution in [2.45, 2.75) is 71.6 Å². The highest BCUT2D eigenvalue weighted by atomic mass is 15.2. The van der Waals surface area contributed by atoms with Crippen LogP contribution in [-0.4, -0.2) is 6.71 Å². The van der Waals surface area contributed by atoms with Crippen LogP contribution in [0.4, 0.5) is 51.2 Å². The van der Waals surface area contributed by atoms with Crippen molar-refractivity contribution in [1.82, 2.24) is 0 Å². The van der Waals surface area contributed by atoms with E-state index in [0.29, 0.717) is 6.42 Å². The van der Waals surface area contributed by atoms with Crippen LogP contribution in [0.15, 0.2) is 182 Å². The van der Waals surface area contributed by atoms with Gasteiger partial charge in [0.05, 0.1) is 11.4 Å². The highest BCUT2D eigenvalue weighted by Crippen LogP contribution is 2.53. The van der Waals surface area contributed by atoms with Gasteiger partial charge in [-0.2, -0.15) is 0 Å². The molecule has 2 aliphatic heterocycles. The third kappa shape index (κ3) is 6.81. The molecule has 9 aromatic rings. The van der Waals surface area contributed by atoms with Crippen LogP contribution in [0.2, 0.25) is 0 Å². The minimum absolute atomic E-state index is 0.0757. The van der Waals surface area contributed by atoms with E-state index in [9.17, 15) is 0 Å². The summed E-state index contributed by atoms with van der Waals surface area (Å²) >= 11 is 0. The van der Waals surface area contributed by atoms with Crippen molar-refractivity contribution in [3.8, 4) is 11.8 Å². The first-order chi connectivity index (χ1) is 34.5. The number of anilines is 9. The van der Waals surface area contributed by atoms with Gasteiger partial charge >= 0.3 is 0 Å². The quantitative estimate of drug-likeness (QED) is 0.126. The monoisotopic (exact) mass is 913 g/mol. The first-order valence-corrected chi connectivity index (χ1v) is 25.4. The van der Waals surface area contributed by atoms with Gasteiger partial charge in [0.25, 0.3) is 6.71 Å². The molecule has 9 aromatic carbocycles. The fraction of sp³-hybridized carbons (Fsp3) is 0.164. The smallest absolute Gasteiger partial charge is 0.252 e. The molecule has 4 aliphatic rings. The lowest BCUT2D eigenvalue weighted by molar-refractivity contribution is 0.587. The van der Waals surface area contributed by atoms with Crippen molar-refractivity contribution in [2.24, 2.45) is 0 Å². The molecule has 0 N–H and O–H groups in total. The number of hydrogen-bond donors (Lipinski definition) is 0. The summed E-state index contributed by atoms with van der Waals surface area (Å²) in [7, 11) is 0. The molecule has 0 aromatic heterocycles. The van der Waals surface area contributed by atoms with Gasteiger partial charge in [0.2, 0.25) is 0 Å². The minimum atomic E-state index is -0.153. The normalized spacial score (nSPS) is 14.3. The Morgan fingerprint density at radius 1 is 0.507 bits per heavy atom. The van der Waals surface area contributed by atoms with Gasteiger partial charge in [-0.25, -0.2) is 0 Å². The summed E-state index contributed by atoms with van der Waals surface area (Å²) in [5, 5.41) is 4.89. The predicted molar refractivity (Wildman–Crippen MR) is 305 cm³/mol. The number of nitrogens with zero attached hydrogens (tertiary/aromatic N) is 3. The Morgan fingerprint density at radius 3 is 1.82 bits per heavy atom. The van der Waals surface area contributed by atoms with Crippen molar-refractivity contribution in [1.29, 1.82) is 0 Å². The lowest BCUT2D eigenvalue weighted by Crippen LogP contribution is -2.61. The van der Waals surface area contributed by atoms with E-state index in [1.807, 2.05) is 6.08 Å². The van der Waals surface area contributed by atoms with E-state index in [-0.39, 0.29) is 17.5 Å². The topological polar surface area (TPSA) is 9.72 Å². The largest absolute Gasteiger partial charge is 0.311 e. The number of para-hydroxylation sites is 2. The Balaban J connectivity index is 1.24. The Morgan fingerprint density at radius 2 is 1.08 bits per heavy atom. The van der Waals surface area contributed by atoms with Crippen molar-refractivity contribution in [3.63, 3.8) is 0 Å². The van der Waals surface area contributed by atoms with Crippen LogP contribution in [0, 0.1) is 11.8 Å². The van der Waals surface area contributed by atoms with Gasteiger partial charge in [-0.05, 0) is 133 Å². The van der Waals surface area contributed by atoms with Crippen molar-refractivity contribution in [3.05, 3.63) is 215 Å². The van der Waals surface area contributed by atoms with Crippen LogP contribution in [-0.2, 0) is 23.7 Å². The highest BCUT2D eigenvalue weighted by Gasteiger charge is 2.46. The van der Waals surface area contributed by atoms with E-state index in [1.54, 1.807) is 0 Å². The van der Waals surface area contributed by atoms with Crippen LogP contribution < -0.4 is 31.1 Å². The van der Waals surface area contributed by atoms with E-state index in [2.05, 4.69) is 256 Å². The van der Waals surface area contributed by atoms with Gasteiger partial charge in [0, 0.05) is 57.0 Å². The van der Waals surface area contributed by atoms with Crippen LogP contribution in [0.3, 0.4) is 0 Å².